The molecule has 1 fully saturated rings. The SMILES string of the molecule is COc1cccc(CCNC(=O)CN2CCC(Cc3ccccc3)CC2)c1. The third-order valence-corrected chi connectivity index (χ3v) is 5.31. The van der Waals surface area contributed by atoms with Crippen molar-refractivity contribution in [2.45, 2.75) is 25.7 Å². The van der Waals surface area contributed by atoms with Crippen molar-refractivity contribution >= 4 is 5.91 Å². The summed E-state index contributed by atoms with van der Waals surface area (Å²) in [6.45, 7) is 3.20. The van der Waals surface area contributed by atoms with Gasteiger partial charge in [0.05, 0.1) is 13.7 Å². The topological polar surface area (TPSA) is 41.6 Å². The Morgan fingerprint density at radius 2 is 1.81 bits per heavy atom. The Labute approximate surface area is 162 Å². The zero-order valence-electron chi connectivity index (χ0n) is 16.2. The molecule has 1 N–H and O–H groups in total. The number of hydrogen-bond acceptors (Lipinski definition) is 3. The van der Waals surface area contributed by atoms with Crippen molar-refractivity contribution in [3.05, 3.63) is 65.7 Å². The predicted molar refractivity (Wildman–Crippen MR) is 109 cm³/mol. The lowest BCUT2D eigenvalue weighted by Gasteiger charge is -2.31. The van der Waals surface area contributed by atoms with E-state index in [0.717, 1.165) is 37.6 Å². The van der Waals surface area contributed by atoms with Crippen molar-refractivity contribution in [1.82, 2.24) is 10.2 Å². The number of hydrogen-bond donors (Lipinski definition) is 1. The number of ether oxygens (including phenoxy) is 1. The van der Waals surface area contributed by atoms with E-state index in [0.29, 0.717) is 13.1 Å². The van der Waals surface area contributed by atoms with Gasteiger partial charge in [0, 0.05) is 6.54 Å². The molecule has 0 bridgehead atoms. The zero-order chi connectivity index (χ0) is 18.9. The minimum absolute atomic E-state index is 0.124. The number of likely N-dealkylation sites (tertiary alicyclic amines) is 1. The fraction of sp³-hybridized carbons (Fsp3) is 0.435. The molecule has 0 atom stereocenters. The molecule has 4 heteroatoms. The molecule has 4 nitrogen and oxygen atoms in total. The van der Waals surface area contributed by atoms with Crippen molar-refractivity contribution in [2.75, 3.05) is 33.3 Å². The second-order valence-electron chi connectivity index (χ2n) is 7.36. The van der Waals surface area contributed by atoms with Crippen LogP contribution in [0.25, 0.3) is 0 Å². The number of carbonyl (C=O) groups is 1. The summed E-state index contributed by atoms with van der Waals surface area (Å²) in [7, 11) is 1.67. The van der Waals surface area contributed by atoms with Gasteiger partial charge in [0.25, 0.3) is 0 Å². The highest BCUT2D eigenvalue weighted by Crippen LogP contribution is 2.21. The first-order chi connectivity index (χ1) is 13.2. The van der Waals surface area contributed by atoms with Crippen molar-refractivity contribution in [3.8, 4) is 5.75 Å². The van der Waals surface area contributed by atoms with E-state index in [4.69, 9.17) is 4.74 Å². The van der Waals surface area contributed by atoms with Crippen LogP contribution in [0.2, 0.25) is 0 Å². The first-order valence-corrected chi connectivity index (χ1v) is 9.89. The molecule has 1 aliphatic rings. The molecule has 1 heterocycles. The van der Waals surface area contributed by atoms with Crippen LogP contribution in [0.3, 0.4) is 0 Å². The number of rotatable bonds is 8. The van der Waals surface area contributed by atoms with Crippen LogP contribution in [0.4, 0.5) is 0 Å². The lowest BCUT2D eigenvalue weighted by Crippen LogP contribution is -2.42. The standard InChI is InChI=1S/C23H30N2O2/c1-27-22-9-5-8-20(17-22)10-13-24-23(26)18-25-14-11-21(12-15-25)16-19-6-3-2-4-7-19/h2-9,17,21H,10-16,18H2,1H3,(H,24,26). The molecule has 1 amide bonds. The summed E-state index contributed by atoms with van der Waals surface area (Å²) < 4.78 is 5.23. The number of nitrogens with zero attached hydrogens (tertiary/aromatic N) is 1. The largest absolute Gasteiger partial charge is 0.497 e. The van der Waals surface area contributed by atoms with Gasteiger partial charge in [0.15, 0.2) is 0 Å². The van der Waals surface area contributed by atoms with Gasteiger partial charge in [-0.25, -0.2) is 0 Å². The van der Waals surface area contributed by atoms with E-state index in [9.17, 15) is 4.79 Å². The number of methoxy groups -OCH3 is 1. The molecular formula is C23H30N2O2. The van der Waals surface area contributed by atoms with Crippen LogP contribution in [-0.2, 0) is 17.6 Å². The van der Waals surface area contributed by atoms with Gasteiger partial charge in [-0.1, -0.05) is 42.5 Å². The molecule has 0 unspecified atom stereocenters. The zero-order valence-corrected chi connectivity index (χ0v) is 16.2. The van der Waals surface area contributed by atoms with Gasteiger partial charge in [-0.05, 0) is 68.0 Å². The Bertz CT molecular complexity index is 709. The Balaban J connectivity index is 1.33. The number of nitrogens with one attached hydrogen (secondary N) is 1. The minimum Gasteiger partial charge on any atom is -0.497 e. The lowest BCUT2D eigenvalue weighted by atomic mass is 9.90. The quantitative estimate of drug-likeness (QED) is 0.779. The Morgan fingerprint density at radius 3 is 2.56 bits per heavy atom. The average molecular weight is 367 g/mol. The van der Waals surface area contributed by atoms with Crippen LogP contribution >= 0.6 is 0 Å². The molecular weight excluding hydrogens is 336 g/mol. The highest BCUT2D eigenvalue weighted by Gasteiger charge is 2.20. The van der Waals surface area contributed by atoms with Crippen LogP contribution in [0.1, 0.15) is 24.0 Å². The van der Waals surface area contributed by atoms with E-state index in [1.807, 2.05) is 18.2 Å². The van der Waals surface area contributed by atoms with E-state index in [1.165, 1.54) is 24.0 Å². The lowest BCUT2D eigenvalue weighted by molar-refractivity contribution is -0.122. The highest BCUT2D eigenvalue weighted by atomic mass is 16.5. The normalized spacial score (nSPS) is 15.4. The van der Waals surface area contributed by atoms with E-state index >= 15 is 0 Å². The molecule has 3 rings (SSSR count). The third-order valence-electron chi connectivity index (χ3n) is 5.31. The Kier molecular flexibility index (Phi) is 7.28. The summed E-state index contributed by atoms with van der Waals surface area (Å²) in [4.78, 5) is 14.5. The molecule has 0 radical (unpaired) electrons. The summed E-state index contributed by atoms with van der Waals surface area (Å²) in [5.41, 5.74) is 2.60. The van der Waals surface area contributed by atoms with Gasteiger partial charge in [-0.15, -0.1) is 0 Å². The maximum Gasteiger partial charge on any atom is 0.234 e. The molecule has 144 valence electrons. The number of piperidine rings is 1. The molecule has 0 spiro atoms. The predicted octanol–water partition coefficient (Wildman–Crippen LogP) is 3.31. The Morgan fingerprint density at radius 1 is 1.07 bits per heavy atom. The number of benzene rings is 2. The van der Waals surface area contributed by atoms with Gasteiger partial charge in [-0.3, -0.25) is 9.69 Å². The maximum atomic E-state index is 12.2. The molecule has 27 heavy (non-hydrogen) atoms. The Hall–Kier alpha value is -2.33. The van der Waals surface area contributed by atoms with Gasteiger partial charge in [-0.2, -0.15) is 0 Å². The molecule has 0 saturated carbocycles. The van der Waals surface area contributed by atoms with E-state index in [-0.39, 0.29) is 5.91 Å². The maximum absolute atomic E-state index is 12.2. The van der Waals surface area contributed by atoms with Gasteiger partial charge in [0.1, 0.15) is 5.75 Å². The molecule has 2 aromatic carbocycles. The van der Waals surface area contributed by atoms with Gasteiger partial charge < -0.3 is 10.1 Å². The minimum atomic E-state index is 0.124. The smallest absolute Gasteiger partial charge is 0.234 e. The summed E-state index contributed by atoms with van der Waals surface area (Å²) in [5, 5.41) is 3.05. The van der Waals surface area contributed by atoms with E-state index in [1.54, 1.807) is 7.11 Å². The van der Waals surface area contributed by atoms with Crippen LogP contribution < -0.4 is 10.1 Å². The van der Waals surface area contributed by atoms with Crippen molar-refractivity contribution in [2.24, 2.45) is 5.92 Å². The molecule has 0 aliphatic carbocycles. The van der Waals surface area contributed by atoms with Crippen molar-refractivity contribution < 1.29 is 9.53 Å². The van der Waals surface area contributed by atoms with E-state index in [2.05, 4.69) is 46.6 Å². The fourth-order valence-electron chi connectivity index (χ4n) is 3.73. The summed E-state index contributed by atoms with van der Waals surface area (Å²) in [5.74, 6) is 1.72. The first kappa shape index (κ1) is 19.4. The first-order valence-electron chi connectivity index (χ1n) is 9.89. The van der Waals surface area contributed by atoms with Crippen molar-refractivity contribution in [3.63, 3.8) is 0 Å². The number of carbonyl (C=O) groups excluding carboxylic acids is 1. The molecule has 1 aliphatic heterocycles. The summed E-state index contributed by atoms with van der Waals surface area (Å²) >= 11 is 0. The van der Waals surface area contributed by atoms with Gasteiger partial charge in [0.2, 0.25) is 5.91 Å². The summed E-state index contributed by atoms with van der Waals surface area (Å²) in [6, 6.07) is 18.7. The molecule has 2 aromatic rings. The molecule has 1 saturated heterocycles. The highest BCUT2D eigenvalue weighted by molar-refractivity contribution is 5.78. The average Bonchev–Trinajstić information content (AvgIpc) is 2.70. The van der Waals surface area contributed by atoms with Crippen LogP contribution in [0.15, 0.2) is 54.6 Å². The molecule has 0 aromatic heterocycles. The summed E-state index contributed by atoms with van der Waals surface area (Å²) in [6.07, 6.45) is 4.32. The van der Waals surface area contributed by atoms with Crippen LogP contribution in [0.5, 0.6) is 5.75 Å². The second-order valence-corrected chi connectivity index (χ2v) is 7.36. The fourth-order valence-corrected chi connectivity index (χ4v) is 3.73. The number of amides is 1. The third kappa shape index (κ3) is 6.40. The van der Waals surface area contributed by atoms with Crippen LogP contribution in [0, 0.1) is 5.92 Å². The van der Waals surface area contributed by atoms with Gasteiger partial charge >= 0.3 is 0 Å². The second kappa shape index (κ2) is 10.1. The van der Waals surface area contributed by atoms with E-state index < -0.39 is 0 Å². The van der Waals surface area contributed by atoms with Crippen LogP contribution in [-0.4, -0.2) is 44.1 Å². The monoisotopic (exact) mass is 366 g/mol. The van der Waals surface area contributed by atoms with Crippen molar-refractivity contribution in [1.29, 1.82) is 0 Å².